The van der Waals surface area contributed by atoms with E-state index in [0.29, 0.717) is 36.2 Å². The molecule has 0 spiro atoms. The van der Waals surface area contributed by atoms with E-state index in [1.165, 1.54) is 23.2 Å². The van der Waals surface area contributed by atoms with Crippen LogP contribution in [0.25, 0.3) is 10.9 Å². The third-order valence-electron chi connectivity index (χ3n) is 5.88. The van der Waals surface area contributed by atoms with Crippen molar-refractivity contribution in [1.29, 1.82) is 0 Å². The molecule has 0 bridgehead atoms. The highest BCUT2D eigenvalue weighted by Crippen LogP contribution is 2.29. The molecule has 2 aromatic heterocycles. The highest BCUT2D eigenvalue weighted by Gasteiger charge is 2.35. The van der Waals surface area contributed by atoms with Crippen LogP contribution < -0.4 is 0 Å². The van der Waals surface area contributed by atoms with Crippen LogP contribution in [0.3, 0.4) is 0 Å². The molecule has 2 N–H and O–H groups in total. The average Bonchev–Trinajstić information content (AvgIpc) is 3.42. The summed E-state index contributed by atoms with van der Waals surface area (Å²) in [5.41, 5.74) is -1.06. The Balaban J connectivity index is 1.59. The first-order valence-electron chi connectivity index (χ1n) is 10.3. The number of sulfone groups is 1. The number of alkyl halides is 3. The van der Waals surface area contributed by atoms with Crippen LogP contribution in [0.4, 0.5) is 17.6 Å². The molecule has 0 aliphatic carbocycles. The van der Waals surface area contributed by atoms with Gasteiger partial charge in [0.15, 0.2) is 5.69 Å². The molecule has 1 fully saturated rings. The van der Waals surface area contributed by atoms with Gasteiger partial charge in [-0.15, -0.1) is 0 Å². The molecule has 1 saturated heterocycles. The first kappa shape index (κ1) is 23.2. The smallest absolute Gasteiger partial charge is 0.333 e. The van der Waals surface area contributed by atoms with Gasteiger partial charge in [-0.1, -0.05) is 0 Å². The van der Waals surface area contributed by atoms with E-state index in [0.717, 1.165) is 0 Å². The van der Waals surface area contributed by atoms with Crippen LogP contribution in [0.2, 0.25) is 0 Å². The second kappa shape index (κ2) is 8.76. The van der Waals surface area contributed by atoms with E-state index in [1.54, 1.807) is 0 Å². The zero-order valence-corrected chi connectivity index (χ0v) is 18.1. The molecule has 1 aromatic carbocycles. The standard InChI is InChI=1S/C20H21F4N5O3S/c21-15-2-1-13-10-25-28-18(13)14(15)11-29(6-3-12-4-7-33(31,32)8-5-12)19(30)16-9-17(27-26-16)20(22,23)24/h1-2,9-10,12H,3-8,11H2,(H,25,28)(H,26,27). The second-order valence-corrected chi connectivity index (χ2v) is 10.4. The van der Waals surface area contributed by atoms with Gasteiger partial charge >= 0.3 is 6.18 Å². The number of aromatic nitrogens is 4. The van der Waals surface area contributed by atoms with E-state index in [4.69, 9.17) is 0 Å². The number of halogens is 4. The Morgan fingerprint density at radius 1 is 1.18 bits per heavy atom. The number of rotatable bonds is 6. The number of carbonyl (C=O) groups excluding carboxylic acids is 1. The Morgan fingerprint density at radius 3 is 2.58 bits per heavy atom. The number of hydrogen-bond donors (Lipinski definition) is 2. The number of nitrogens with one attached hydrogen (secondary N) is 2. The van der Waals surface area contributed by atoms with Gasteiger partial charge in [0.05, 0.1) is 29.8 Å². The number of benzene rings is 1. The Kier molecular flexibility index (Phi) is 6.16. The van der Waals surface area contributed by atoms with E-state index >= 15 is 0 Å². The van der Waals surface area contributed by atoms with Crippen molar-refractivity contribution < 1.29 is 30.8 Å². The fraction of sp³-hybridized carbons (Fsp3) is 0.450. The second-order valence-electron chi connectivity index (χ2n) is 8.14. The average molecular weight is 487 g/mol. The maximum atomic E-state index is 14.6. The highest BCUT2D eigenvalue weighted by atomic mass is 32.2. The third-order valence-corrected chi connectivity index (χ3v) is 7.60. The fourth-order valence-electron chi connectivity index (χ4n) is 3.96. The van der Waals surface area contributed by atoms with Crippen LogP contribution in [-0.2, 0) is 22.6 Å². The van der Waals surface area contributed by atoms with Gasteiger partial charge in [-0.3, -0.25) is 15.0 Å². The van der Waals surface area contributed by atoms with E-state index in [9.17, 15) is 30.8 Å². The van der Waals surface area contributed by atoms with Gasteiger partial charge in [0.1, 0.15) is 21.3 Å². The van der Waals surface area contributed by atoms with E-state index in [1.807, 2.05) is 0 Å². The monoisotopic (exact) mass is 487 g/mol. The molecule has 1 aliphatic heterocycles. The molecule has 3 heterocycles. The largest absolute Gasteiger partial charge is 0.435 e. The molecule has 33 heavy (non-hydrogen) atoms. The van der Waals surface area contributed by atoms with E-state index in [-0.39, 0.29) is 41.8 Å². The Labute approximate surface area is 186 Å². The molecule has 1 amide bonds. The summed E-state index contributed by atoms with van der Waals surface area (Å²) in [7, 11) is -3.06. The van der Waals surface area contributed by atoms with Gasteiger partial charge in [0.2, 0.25) is 0 Å². The van der Waals surface area contributed by atoms with E-state index in [2.05, 4.69) is 20.4 Å². The Bertz CT molecular complexity index is 1250. The van der Waals surface area contributed by atoms with Crippen LogP contribution in [0.5, 0.6) is 0 Å². The predicted molar refractivity (Wildman–Crippen MR) is 110 cm³/mol. The lowest BCUT2D eigenvalue weighted by molar-refractivity contribution is -0.141. The van der Waals surface area contributed by atoms with Gasteiger partial charge < -0.3 is 4.90 Å². The molecule has 0 radical (unpaired) electrons. The molecule has 0 atom stereocenters. The molecule has 8 nitrogen and oxygen atoms in total. The zero-order chi connectivity index (χ0) is 23.8. The van der Waals surface area contributed by atoms with Gasteiger partial charge in [-0.2, -0.15) is 23.4 Å². The topological polar surface area (TPSA) is 112 Å². The molecular formula is C20H21F4N5O3S. The number of aromatic amines is 2. The Morgan fingerprint density at radius 2 is 1.91 bits per heavy atom. The zero-order valence-electron chi connectivity index (χ0n) is 17.3. The van der Waals surface area contributed by atoms with Crippen LogP contribution in [0.15, 0.2) is 24.4 Å². The summed E-state index contributed by atoms with van der Waals surface area (Å²) in [6.07, 6.45) is -1.91. The van der Waals surface area contributed by atoms with Gasteiger partial charge in [-0.25, -0.2) is 12.8 Å². The lowest BCUT2D eigenvalue weighted by Crippen LogP contribution is -2.34. The fourth-order valence-corrected chi connectivity index (χ4v) is 5.55. The van der Waals surface area contributed by atoms with Crippen molar-refractivity contribution in [3.05, 3.63) is 47.2 Å². The van der Waals surface area contributed by atoms with Crippen molar-refractivity contribution in [3.63, 3.8) is 0 Å². The number of fused-ring (bicyclic) bond motifs is 1. The van der Waals surface area contributed by atoms with Crippen LogP contribution >= 0.6 is 0 Å². The van der Waals surface area contributed by atoms with Crippen molar-refractivity contribution >= 4 is 26.6 Å². The maximum Gasteiger partial charge on any atom is 0.435 e. The summed E-state index contributed by atoms with van der Waals surface area (Å²) in [6, 6.07) is 3.38. The molecule has 13 heteroatoms. The molecule has 3 aromatic rings. The van der Waals surface area contributed by atoms with E-state index < -0.39 is 33.4 Å². The van der Waals surface area contributed by atoms with Gasteiger partial charge in [0.25, 0.3) is 5.91 Å². The Hall–Kier alpha value is -2.96. The van der Waals surface area contributed by atoms with Crippen molar-refractivity contribution in [2.75, 3.05) is 18.1 Å². The molecule has 1 aliphatic rings. The summed E-state index contributed by atoms with van der Waals surface area (Å²) in [6.45, 7) is -0.108. The van der Waals surface area contributed by atoms with Crippen molar-refractivity contribution in [2.45, 2.75) is 32.0 Å². The molecular weight excluding hydrogens is 466 g/mol. The first-order valence-corrected chi connectivity index (χ1v) is 12.1. The van der Waals surface area contributed by atoms with Crippen LogP contribution in [0.1, 0.15) is 41.0 Å². The molecule has 0 saturated carbocycles. The lowest BCUT2D eigenvalue weighted by Gasteiger charge is -2.27. The van der Waals surface area contributed by atoms with Crippen LogP contribution in [0, 0.1) is 11.7 Å². The quantitative estimate of drug-likeness (QED) is 0.519. The molecule has 178 valence electrons. The molecule has 0 unspecified atom stereocenters. The summed E-state index contributed by atoms with van der Waals surface area (Å²) in [4.78, 5) is 14.3. The summed E-state index contributed by atoms with van der Waals surface area (Å²) in [5.74, 6) is -1.21. The first-order chi connectivity index (χ1) is 15.5. The lowest BCUT2D eigenvalue weighted by atomic mass is 9.98. The number of amides is 1. The van der Waals surface area contributed by atoms with Crippen molar-refractivity contribution in [2.24, 2.45) is 5.92 Å². The summed E-state index contributed by atoms with van der Waals surface area (Å²) < 4.78 is 76.8. The van der Waals surface area contributed by atoms with Crippen molar-refractivity contribution in [3.8, 4) is 0 Å². The highest BCUT2D eigenvalue weighted by molar-refractivity contribution is 7.91. The molecule has 4 rings (SSSR count). The van der Waals surface area contributed by atoms with Gasteiger partial charge in [-0.05, 0) is 37.3 Å². The summed E-state index contributed by atoms with van der Waals surface area (Å²) >= 11 is 0. The summed E-state index contributed by atoms with van der Waals surface area (Å²) in [5, 5.41) is 12.5. The van der Waals surface area contributed by atoms with Gasteiger partial charge in [0, 0.05) is 23.6 Å². The number of H-pyrrole nitrogens is 2. The number of nitrogens with zero attached hydrogens (tertiary/aromatic N) is 3. The minimum atomic E-state index is -4.72. The minimum Gasteiger partial charge on any atom is -0.333 e. The number of hydrogen-bond acceptors (Lipinski definition) is 5. The minimum absolute atomic E-state index is 0.0316. The maximum absolute atomic E-state index is 14.6. The SMILES string of the molecule is O=C(c1cc(C(F)(F)F)n[nH]1)N(CCC1CCS(=O)(=O)CC1)Cc1c(F)ccc2cn[nH]c12. The normalized spacial score (nSPS) is 16.8. The van der Waals surface area contributed by atoms with Crippen LogP contribution in [-0.4, -0.2) is 57.7 Å². The van der Waals surface area contributed by atoms with Crippen molar-refractivity contribution in [1.82, 2.24) is 25.3 Å². The predicted octanol–water partition coefficient (Wildman–Crippen LogP) is 3.30. The number of carbonyl (C=O) groups is 1. The third kappa shape index (κ3) is 5.18.